The molecule has 11 heteroatoms. The van der Waals surface area contributed by atoms with Crippen molar-refractivity contribution in [2.45, 2.75) is 37.4 Å². The Morgan fingerprint density at radius 3 is 2.16 bits per heavy atom. The van der Waals surface area contributed by atoms with Crippen LogP contribution >= 0.6 is 0 Å². The fraction of sp³-hybridized carbons (Fsp3) is 0.308. The Bertz CT molecular complexity index is 1190. The van der Waals surface area contributed by atoms with Crippen molar-refractivity contribution in [2.24, 2.45) is 0 Å². The number of halogens is 7. The molecule has 37 heavy (non-hydrogen) atoms. The van der Waals surface area contributed by atoms with Crippen molar-refractivity contribution in [3.8, 4) is 5.75 Å². The number of benzene rings is 3. The molecule has 198 valence electrons. The van der Waals surface area contributed by atoms with Gasteiger partial charge >= 0.3 is 18.7 Å². The van der Waals surface area contributed by atoms with Gasteiger partial charge in [-0.05, 0) is 35.4 Å². The van der Waals surface area contributed by atoms with E-state index in [9.17, 15) is 35.8 Å². The summed E-state index contributed by atoms with van der Waals surface area (Å²) in [5, 5.41) is 9.88. The molecule has 1 aliphatic heterocycles. The first-order valence-corrected chi connectivity index (χ1v) is 11.3. The zero-order valence-corrected chi connectivity index (χ0v) is 19.3. The van der Waals surface area contributed by atoms with Crippen LogP contribution in [-0.4, -0.2) is 43.0 Å². The normalized spacial score (nSPS) is 17.1. The van der Waals surface area contributed by atoms with E-state index in [1.807, 2.05) is 4.90 Å². The molecule has 0 spiro atoms. The first kappa shape index (κ1) is 26.6. The monoisotopic (exact) mass is 528 g/mol. The van der Waals surface area contributed by atoms with Crippen LogP contribution in [-0.2, 0) is 6.54 Å². The van der Waals surface area contributed by atoms with Crippen molar-refractivity contribution < 1.29 is 40.6 Å². The molecule has 0 radical (unpaired) electrons. The van der Waals surface area contributed by atoms with Crippen molar-refractivity contribution in [3.05, 3.63) is 90.0 Å². The van der Waals surface area contributed by atoms with E-state index in [4.69, 9.17) is 0 Å². The number of fused-ring (bicyclic) bond motifs is 1. The van der Waals surface area contributed by atoms with Gasteiger partial charge in [0.2, 0.25) is 0 Å². The number of rotatable bonds is 8. The molecule has 0 aromatic heterocycles. The van der Waals surface area contributed by atoms with Crippen LogP contribution in [0.1, 0.15) is 17.2 Å². The van der Waals surface area contributed by atoms with Crippen molar-refractivity contribution in [1.82, 2.24) is 0 Å². The van der Waals surface area contributed by atoms with Gasteiger partial charge in [-0.25, -0.2) is 0 Å². The van der Waals surface area contributed by atoms with Crippen LogP contribution < -0.4 is 14.5 Å². The summed E-state index contributed by atoms with van der Waals surface area (Å²) in [6, 6.07) is 20.3. The Balaban J connectivity index is 1.68. The lowest BCUT2D eigenvalue weighted by Gasteiger charge is -2.45. The number of nitrogens with zero attached hydrogens (tertiary/aromatic N) is 2. The Hall–Kier alpha value is -3.47. The van der Waals surface area contributed by atoms with Crippen molar-refractivity contribution >= 4 is 11.4 Å². The molecule has 0 bridgehead atoms. The molecule has 0 saturated carbocycles. The largest absolute Gasteiger partial charge is 0.461 e. The number of hydrogen-bond acceptors (Lipinski definition) is 4. The third kappa shape index (κ3) is 6.10. The van der Waals surface area contributed by atoms with Crippen molar-refractivity contribution in [1.29, 1.82) is 0 Å². The van der Waals surface area contributed by atoms with E-state index < -0.39 is 43.2 Å². The summed E-state index contributed by atoms with van der Waals surface area (Å²) in [6.07, 6.45) is -16.1. The number of anilines is 2. The molecule has 0 amide bonds. The lowest BCUT2D eigenvalue weighted by molar-refractivity contribution is -0.253. The van der Waals surface area contributed by atoms with Crippen LogP contribution in [0.2, 0.25) is 0 Å². The van der Waals surface area contributed by atoms with Gasteiger partial charge in [-0.1, -0.05) is 54.6 Å². The second-order valence-corrected chi connectivity index (χ2v) is 8.62. The van der Waals surface area contributed by atoms with E-state index in [0.29, 0.717) is 22.5 Å². The fourth-order valence-electron chi connectivity index (χ4n) is 4.30. The second kappa shape index (κ2) is 10.5. The first-order chi connectivity index (χ1) is 17.5. The van der Waals surface area contributed by atoms with Gasteiger partial charge in [-0.3, -0.25) is 0 Å². The third-order valence-corrected chi connectivity index (χ3v) is 6.01. The molecule has 0 fully saturated rings. The average Bonchev–Trinajstić information content (AvgIpc) is 2.85. The predicted molar refractivity (Wildman–Crippen MR) is 124 cm³/mol. The number of alkyl halides is 7. The number of β-amino-alcohol motifs (C(OH)–C–C–N with tert-alkyl or cyclic N) is 1. The Morgan fingerprint density at radius 2 is 1.51 bits per heavy atom. The summed E-state index contributed by atoms with van der Waals surface area (Å²) in [6.45, 7) is -0.364. The zero-order valence-electron chi connectivity index (χ0n) is 19.3. The van der Waals surface area contributed by atoms with Crippen molar-refractivity contribution in [2.75, 3.05) is 22.9 Å². The number of aliphatic hydroxyl groups is 1. The van der Waals surface area contributed by atoms with E-state index in [2.05, 4.69) is 4.74 Å². The van der Waals surface area contributed by atoms with Crippen LogP contribution in [0.25, 0.3) is 0 Å². The number of hydrogen-bond donors (Lipinski definition) is 1. The van der Waals surface area contributed by atoms with Gasteiger partial charge in [0.1, 0.15) is 5.75 Å². The molecule has 1 N–H and O–H groups in total. The Kier molecular flexibility index (Phi) is 7.54. The van der Waals surface area contributed by atoms with Gasteiger partial charge < -0.3 is 19.6 Å². The van der Waals surface area contributed by atoms with Gasteiger partial charge in [-0.15, -0.1) is 0 Å². The maximum absolute atomic E-state index is 13.4. The highest BCUT2D eigenvalue weighted by molar-refractivity contribution is 5.74. The molecule has 0 aliphatic carbocycles. The highest BCUT2D eigenvalue weighted by atomic mass is 19.4. The summed E-state index contributed by atoms with van der Waals surface area (Å²) in [5.41, 5.74) is 2.19. The molecule has 4 rings (SSSR count). The maximum Gasteiger partial charge on any atom is 0.461 e. The SMILES string of the molecule is OC(CN1c2ccccc2N(Cc2cccc(OC(F)(F)C(F)F)c2)CC1c1ccccc1)C(F)(F)F. The number of ether oxygens (including phenoxy) is 1. The topological polar surface area (TPSA) is 35.9 Å². The van der Waals surface area contributed by atoms with Crippen LogP contribution in [0.3, 0.4) is 0 Å². The van der Waals surface area contributed by atoms with E-state index >= 15 is 0 Å². The third-order valence-electron chi connectivity index (χ3n) is 6.01. The average molecular weight is 528 g/mol. The Labute approximate surface area is 208 Å². The van der Waals surface area contributed by atoms with Crippen LogP contribution in [0.5, 0.6) is 5.75 Å². The van der Waals surface area contributed by atoms with Crippen LogP contribution in [0, 0.1) is 0 Å². The van der Waals surface area contributed by atoms with Gasteiger partial charge in [-0.2, -0.15) is 30.7 Å². The summed E-state index contributed by atoms with van der Waals surface area (Å²) in [4.78, 5) is 3.36. The summed E-state index contributed by atoms with van der Waals surface area (Å²) in [5.74, 6) is -0.442. The molecule has 1 heterocycles. The lowest BCUT2D eigenvalue weighted by Crippen LogP contribution is -2.49. The minimum absolute atomic E-state index is 0.132. The molecule has 0 saturated heterocycles. The van der Waals surface area contributed by atoms with E-state index in [1.54, 1.807) is 60.7 Å². The minimum Gasteiger partial charge on any atom is -0.428 e. The van der Waals surface area contributed by atoms with E-state index in [1.165, 1.54) is 17.0 Å². The molecular weight excluding hydrogens is 505 g/mol. The quantitative estimate of drug-likeness (QED) is 0.343. The highest BCUT2D eigenvalue weighted by Crippen LogP contribution is 2.42. The van der Waals surface area contributed by atoms with Gasteiger partial charge in [0.15, 0.2) is 6.10 Å². The Morgan fingerprint density at radius 1 is 0.865 bits per heavy atom. The summed E-state index contributed by atoms with van der Waals surface area (Å²) >= 11 is 0. The highest BCUT2D eigenvalue weighted by Gasteiger charge is 2.44. The molecule has 4 nitrogen and oxygen atoms in total. The molecule has 2 unspecified atom stereocenters. The second-order valence-electron chi connectivity index (χ2n) is 8.62. The smallest absolute Gasteiger partial charge is 0.428 e. The standard InChI is InChI=1S/C26H23F7N2O2/c27-24(28)26(32,33)37-19-10-6-7-17(13-19)14-34-15-22(18-8-2-1-3-9-18)35(16-23(36)25(29,30)31)21-12-5-4-11-20(21)34/h1-13,22-24,36H,14-16H2. The van der Waals surface area contributed by atoms with E-state index in [0.717, 1.165) is 6.07 Å². The minimum atomic E-state index is -4.81. The first-order valence-electron chi connectivity index (χ1n) is 11.3. The fourth-order valence-corrected chi connectivity index (χ4v) is 4.30. The summed E-state index contributed by atoms with van der Waals surface area (Å²) in [7, 11) is 0. The van der Waals surface area contributed by atoms with Crippen LogP contribution in [0.4, 0.5) is 42.1 Å². The molecule has 3 aromatic carbocycles. The summed E-state index contributed by atoms with van der Waals surface area (Å²) < 4.78 is 96.0. The lowest BCUT2D eigenvalue weighted by atomic mass is 9.98. The molecule has 3 aromatic rings. The van der Waals surface area contributed by atoms with Gasteiger partial charge in [0.25, 0.3) is 0 Å². The molecule has 2 atom stereocenters. The number of aliphatic hydroxyl groups excluding tert-OH is 1. The van der Waals surface area contributed by atoms with Crippen LogP contribution in [0.15, 0.2) is 78.9 Å². The van der Waals surface area contributed by atoms with Crippen molar-refractivity contribution in [3.63, 3.8) is 0 Å². The number of para-hydroxylation sites is 2. The maximum atomic E-state index is 13.4. The molecular formula is C26H23F7N2O2. The van der Waals surface area contributed by atoms with Gasteiger partial charge in [0, 0.05) is 13.1 Å². The zero-order chi connectivity index (χ0) is 26.8. The van der Waals surface area contributed by atoms with Gasteiger partial charge in [0.05, 0.1) is 24.0 Å². The predicted octanol–water partition coefficient (Wildman–Crippen LogP) is 6.41. The molecule has 1 aliphatic rings. The van der Waals surface area contributed by atoms with E-state index in [-0.39, 0.29) is 13.1 Å².